The molecule has 128 valence electrons. The first-order valence-electron chi connectivity index (χ1n) is 7.72. The molecule has 1 aliphatic carbocycles. The van der Waals surface area contributed by atoms with Crippen LogP contribution in [0.4, 0.5) is 13.2 Å². The number of carbonyl (C=O) groups excluding carboxylic acids is 1. The van der Waals surface area contributed by atoms with Crippen molar-refractivity contribution < 1.29 is 23.1 Å². The number of rotatable bonds is 3. The van der Waals surface area contributed by atoms with Crippen LogP contribution in [0.1, 0.15) is 58.3 Å². The number of thioether (sulfide) groups is 1. The Kier molecular flexibility index (Phi) is 5.34. The number of carbonyl (C=O) groups is 1. The molecule has 0 aromatic carbocycles. The third kappa shape index (κ3) is 4.76. The van der Waals surface area contributed by atoms with Crippen molar-refractivity contribution in [1.82, 2.24) is 10.6 Å². The summed E-state index contributed by atoms with van der Waals surface area (Å²) in [5, 5.41) is 13.9. The van der Waals surface area contributed by atoms with Gasteiger partial charge in [0, 0.05) is 6.04 Å². The van der Waals surface area contributed by atoms with Gasteiger partial charge in [0.15, 0.2) is 0 Å². The number of hydrogen-bond donors (Lipinski definition) is 3. The van der Waals surface area contributed by atoms with E-state index in [0.717, 1.165) is 38.5 Å². The monoisotopic (exact) mass is 340 g/mol. The van der Waals surface area contributed by atoms with Gasteiger partial charge in [0.05, 0.1) is 6.42 Å². The maximum atomic E-state index is 12.6. The van der Waals surface area contributed by atoms with Crippen LogP contribution in [0.5, 0.6) is 0 Å². The SMILES string of the molecule is CC1(CC(F)(F)F)SC(O)(NC2CCCCCCC2)NC1=O. The Bertz CT molecular complexity index is 413. The average molecular weight is 340 g/mol. The van der Waals surface area contributed by atoms with Crippen LogP contribution in [0.3, 0.4) is 0 Å². The van der Waals surface area contributed by atoms with Crippen molar-refractivity contribution in [3.05, 3.63) is 0 Å². The summed E-state index contributed by atoms with van der Waals surface area (Å²) in [5.74, 6) is -0.782. The normalized spacial score (nSPS) is 35.0. The fourth-order valence-electron chi connectivity index (χ4n) is 3.13. The van der Waals surface area contributed by atoms with E-state index >= 15 is 0 Å². The van der Waals surface area contributed by atoms with E-state index in [2.05, 4.69) is 10.6 Å². The van der Waals surface area contributed by atoms with Gasteiger partial charge < -0.3 is 10.4 Å². The van der Waals surface area contributed by atoms with E-state index in [0.29, 0.717) is 11.8 Å². The topological polar surface area (TPSA) is 61.4 Å². The molecule has 2 fully saturated rings. The summed E-state index contributed by atoms with van der Waals surface area (Å²) in [7, 11) is 0. The quantitative estimate of drug-likeness (QED) is 0.692. The summed E-state index contributed by atoms with van der Waals surface area (Å²) in [4.78, 5) is 11.9. The zero-order valence-electron chi connectivity index (χ0n) is 12.6. The van der Waals surface area contributed by atoms with Crippen molar-refractivity contribution in [2.75, 3.05) is 0 Å². The lowest BCUT2D eigenvalue weighted by Gasteiger charge is -2.31. The summed E-state index contributed by atoms with van der Waals surface area (Å²) in [5.41, 5.74) is 0. The number of nitrogens with one attached hydrogen (secondary N) is 2. The van der Waals surface area contributed by atoms with Crippen LogP contribution >= 0.6 is 11.8 Å². The number of hydrogen-bond acceptors (Lipinski definition) is 4. The smallest absolute Gasteiger partial charge is 0.350 e. The van der Waals surface area contributed by atoms with E-state index in [4.69, 9.17) is 0 Å². The molecule has 2 unspecified atom stereocenters. The van der Waals surface area contributed by atoms with Gasteiger partial charge in [-0.15, -0.1) is 0 Å². The molecular weight excluding hydrogens is 317 g/mol. The molecule has 1 saturated heterocycles. The van der Waals surface area contributed by atoms with E-state index in [1.165, 1.54) is 13.3 Å². The summed E-state index contributed by atoms with van der Waals surface area (Å²) >= 11 is 0.620. The van der Waals surface area contributed by atoms with Crippen molar-refractivity contribution in [3.8, 4) is 0 Å². The summed E-state index contributed by atoms with van der Waals surface area (Å²) in [6, 6.07) is 0.00587. The molecule has 22 heavy (non-hydrogen) atoms. The number of aliphatic hydroxyl groups is 1. The van der Waals surface area contributed by atoms with Gasteiger partial charge in [0.25, 0.3) is 0 Å². The Morgan fingerprint density at radius 3 is 2.36 bits per heavy atom. The Labute approximate surface area is 132 Å². The van der Waals surface area contributed by atoms with E-state index in [1.807, 2.05) is 0 Å². The second-order valence-corrected chi connectivity index (χ2v) is 8.11. The van der Waals surface area contributed by atoms with Crippen LogP contribution in [0.15, 0.2) is 0 Å². The first kappa shape index (κ1) is 17.9. The van der Waals surface area contributed by atoms with Crippen LogP contribution in [0.25, 0.3) is 0 Å². The third-order valence-corrected chi connectivity index (χ3v) is 5.47. The second kappa shape index (κ2) is 6.57. The van der Waals surface area contributed by atoms with Crippen molar-refractivity contribution in [1.29, 1.82) is 0 Å². The lowest BCUT2D eigenvalue weighted by molar-refractivity contribution is -0.149. The fourth-order valence-corrected chi connectivity index (χ4v) is 4.53. The van der Waals surface area contributed by atoms with Gasteiger partial charge in [0.1, 0.15) is 4.75 Å². The zero-order chi connectivity index (χ0) is 16.4. The van der Waals surface area contributed by atoms with E-state index < -0.39 is 28.4 Å². The minimum absolute atomic E-state index is 0.00587. The molecule has 3 N–H and O–H groups in total. The molecule has 2 rings (SSSR count). The number of alkyl halides is 3. The molecule has 1 saturated carbocycles. The number of amides is 1. The highest BCUT2D eigenvalue weighted by molar-refractivity contribution is 8.03. The lowest BCUT2D eigenvalue weighted by Crippen LogP contribution is -2.55. The summed E-state index contributed by atoms with van der Waals surface area (Å²) in [6.45, 7) is 1.22. The van der Waals surface area contributed by atoms with Crippen LogP contribution in [0, 0.1) is 0 Å². The molecule has 1 heterocycles. The van der Waals surface area contributed by atoms with Gasteiger partial charge in [-0.05, 0) is 19.8 Å². The minimum atomic E-state index is -4.45. The van der Waals surface area contributed by atoms with Gasteiger partial charge in [0.2, 0.25) is 11.1 Å². The first-order chi connectivity index (χ1) is 10.1. The molecule has 0 radical (unpaired) electrons. The maximum absolute atomic E-state index is 12.6. The highest BCUT2D eigenvalue weighted by atomic mass is 32.2. The molecule has 4 nitrogen and oxygen atoms in total. The Morgan fingerprint density at radius 2 is 1.82 bits per heavy atom. The third-order valence-electron chi connectivity index (χ3n) is 4.18. The number of halogens is 3. The molecule has 2 atom stereocenters. The largest absolute Gasteiger partial charge is 0.390 e. The summed E-state index contributed by atoms with van der Waals surface area (Å²) in [6.07, 6.45) is 1.49. The zero-order valence-corrected chi connectivity index (χ0v) is 13.4. The molecular formula is C14H23F3N2O2S. The predicted molar refractivity (Wildman–Crippen MR) is 79.0 cm³/mol. The minimum Gasteiger partial charge on any atom is -0.350 e. The molecule has 1 aliphatic heterocycles. The Hall–Kier alpha value is -0.470. The van der Waals surface area contributed by atoms with Crippen LogP contribution in [-0.4, -0.2) is 33.2 Å². The van der Waals surface area contributed by atoms with Crippen LogP contribution < -0.4 is 10.6 Å². The van der Waals surface area contributed by atoms with Crippen molar-refractivity contribution >= 4 is 17.7 Å². The molecule has 1 amide bonds. The lowest BCUT2D eigenvalue weighted by atomic mass is 9.97. The predicted octanol–water partition coefficient (Wildman–Crippen LogP) is 2.87. The molecule has 8 heteroatoms. The standard InChI is InChI=1S/C14H23F3N2O2S/c1-12(9-13(15,16)17)11(20)19-14(21,22-12)18-10-7-5-3-2-4-6-8-10/h10,18,21H,2-9H2,1H3,(H,19,20). The molecule has 0 bridgehead atoms. The highest BCUT2D eigenvalue weighted by Crippen LogP contribution is 2.45. The Balaban J connectivity index is 2.00. The van der Waals surface area contributed by atoms with Gasteiger partial charge in [-0.1, -0.05) is 43.9 Å². The average Bonchev–Trinajstić information content (AvgIpc) is 2.50. The molecule has 0 spiro atoms. The summed E-state index contributed by atoms with van der Waals surface area (Å²) < 4.78 is 36.2. The van der Waals surface area contributed by atoms with Crippen LogP contribution in [-0.2, 0) is 4.79 Å². The van der Waals surface area contributed by atoms with Crippen molar-refractivity contribution in [2.24, 2.45) is 0 Å². The maximum Gasteiger partial charge on any atom is 0.390 e. The van der Waals surface area contributed by atoms with E-state index in [-0.39, 0.29) is 6.04 Å². The molecule has 2 aliphatic rings. The first-order valence-corrected chi connectivity index (χ1v) is 8.53. The van der Waals surface area contributed by atoms with E-state index in [9.17, 15) is 23.1 Å². The molecule has 0 aromatic rings. The van der Waals surface area contributed by atoms with Crippen molar-refractivity contribution in [3.63, 3.8) is 0 Å². The van der Waals surface area contributed by atoms with Gasteiger partial charge >= 0.3 is 6.18 Å². The second-order valence-electron chi connectivity index (χ2n) is 6.41. The van der Waals surface area contributed by atoms with Gasteiger partial charge in [-0.3, -0.25) is 10.1 Å². The van der Waals surface area contributed by atoms with E-state index in [1.54, 1.807) is 0 Å². The fraction of sp³-hybridized carbons (Fsp3) is 0.929. The van der Waals surface area contributed by atoms with Gasteiger partial charge in [-0.25, -0.2) is 0 Å². The molecule has 0 aromatic heterocycles. The van der Waals surface area contributed by atoms with Gasteiger partial charge in [-0.2, -0.15) is 13.2 Å². The Morgan fingerprint density at radius 1 is 1.27 bits per heavy atom. The highest BCUT2D eigenvalue weighted by Gasteiger charge is 2.56. The van der Waals surface area contributed by atoms with Crippen LogP contribution in [0.2, 0.25) is 0 Å². The van der Waals surface area contributed by atoms with Crippen molar-refractivity contribution in [2.45, 2.75) is 80.4 Å².